The maximum atomic E-state index is 2.35. The number of hydrogen-bond donors (Lipinski definition) is 0. The summed E-state index contributed by atoms with van der Waals surface area (Å²) in [7, 11) is 2.19. The SMILES string of the molecule is C[N+]1=C(c2ccccc2)C(=C(c2ccc(Cc3ccccc3)cc2)c2ccc(Cc3ccccc3)cc2)c2ccccc21. The summed E-state index contributed by atoms with van der Waals surface area (Å²) in [5.74, 6) is 0. The first-order chi connectivity index (χ1) is 21.2. The van der Waals surface area contributed by atoms with Crippen molar-refractivity contribution in [1.29, 1.82) is 0 Å². The lowest BCUT2D eigenvalue weighted by atomic mass is 9.85. The smallest absolute Gasteiger partial charge is 0.194 e. The minimum atomic E-state index is 0.925. The molecule has 1 aliphatic rings. The number of allylic oxidation sites excluding steroid dienone is 1. The Hall–Kier alpha value is -5.27. The Morgan fingerprint density at radius 3 is 1.37 bits per heavy atom. The van der Waals surface area contributed by atoms with E-state index in [9.17, 15) is 0 Å². The number of para-hydroxylation sites is 1. The van der Waals surface area contributed by atoms with Crippen LogP contribution in [0.3, 0.4) is 0 Å². The van der Waals surface area contributed by atoms with Gasteiger partial charge in [0.1, 0.15) is 7.05 Å². The van der Waals surface area contributed by atoms with E-state index in [2.05, 4.69) is 175 Å². The van der Waals surface area contributed by atoms with Crippen molar-refractivity contribution < 1.29 is 4.58 Å². The third kappa shape index (κ3) is 5.50. The maximum Gasteiger partial charge on any atom is 0.221 e. The lowest BCUT2D eigenvalue weighted by molar-refractivity contribution is -0.400. The first-order valence-corrected chi connectivity index (χ1v) is 15.0. The number of nitrogens with zero attached hydrogens (tertiary/aromatic N) is 1. The number of benzene rings is 6. The van der Waals surface area contributed by atoms with E-state index in [1.165, 1.54) is 67.1 Å². The zero-order valence-electron chi connectivity index (χ0n) is 24.4. The highest BCUT2D eigenvalue weighted by molar-refractivity contribution is 6.38. The minimum Gasteiger partial charge on any atom is -0.194 e. The van der Waals surface area contributed by atoms with Crippen molar-refractivity contribution >= 4 is 22.5 Å². The molecule has 0 bridgehead atoms. The van der Waals surface area contributed by atoms with Gasteiger partial charge in [0, 0.05) is 17.2 Å². The van der Waals surface area contributed by atoms with E-state index >= 15 is 0 Å². The zero-order valence-corrected chi connectivity index (χ0v) is 24.4. The highest BCUT2D eigenvalue weighted by Crippen LogP contribution is 2.42. The van der Waals surface area contributed by atoms with E-state index in [1.54, 1.807) is 0 Å². The molecular formula is C42H34N+. The predicted octanol–water partition coefficient (Wildman–Crippen LogP) is 9.60. The summed E-state index contributed by atoms with van der Waals surface area (Å²) < 4.78 is 2.35. The monoisotopic (exact) mass is 552 g/mol. The van der Waals surface area contributed by atoms with Gasteiger partial charge in [0.05, 0.1) is 11.1 Å². The van der Waals surface area contributed by atoms with Crippen molar-refractivity contribution in [2.45, 2.75) is 12.8 Å². The lowest BCUT2D eigenvalue weighted by Gasteiger charge is -2.15. The predicted molar refractivity (Wildman–Crippen MR) is 180 cm³/mol. The Bertz CT molecular complexity index is 1830. The van der Waals surface area contributed by atoms with Crippen molar-refractivity contribution in [3.05, 3.63) is 208 Å². The van der Waals surface area contributed by atoms with Gasteiger partial charge in [-0.1, -0.05) is 140 Å². The summed E-state index contributed by atoms with van der Waals surface area (Å²) in [5.41, 5.74) is 15.2. The van der Waals surface area contributed by atoms with E-state index in [4.69, 9.17) is 0 Å². The van der Waals surface area contributed by atoms with Crippen molar-refractivity contribution in [1.82, 2.24) is 0 Å². The van der Waals surface area contributed by atoms with Gasteiger partial charge in [0.25, 0.3) is 0 Å². The molecule has 1 heteroatoms. The molecule has 0 unspecified atom stereocenters. The summed E-state index contributed by atoms with van der Waals surface area (Å²) in [6.07, 6.45) is 1.85. The molecule has 206 valence electrons. The van der Waals surface area contributed by atoms with E-state index < -0.39 is 0 Å². The van der Waals surface area contributed by atoms with Crippen LogP contribution in [0.15, 0.2) is 164 Å². The third-order valence-corrected chi connectivity index (χ3v) is 8.39. The molecule has 1 nitrogen and oxygen atoms in total. The highest BCUT2D eigenvalue weighted by Gasteiger charge is 2.36. The van der Waals surface area contributed by atoms with E-state index in [0.717, 1.165) is 12.8 Å². The van der Waals surface area contributed by atoms with Crippen LogP contribution in [-0.4, -0.2) is 17.3 Å². The third-order valence-electron chi connectivity index (χ3n) is 8.39. The summed E-state index contributed by atoms with van der Waals surface area (Å²) >= 11 is 0. The molecule has 0 atom stereocenters. The molecule has 0 aromatic heterocycles. The van der Waals surface area contributed by atoms with E-state index in [0.29, 0.717) is 0 Å². The van der Waals surface area contributed by atoms with Crippen LogP contribution in [0.25, 0.3) is 11.1 Å². The van der Waals surface area contributed by atoms with Gasteiger partial charge >= 0.3 is 0 Å². The Morgan fingerprint density at radius 1 is 0.442 bits per heavy atom. The van der Waals surface area contributed by atoms with Gasteiger partial charge in [-0.05, 0) is 64.4 Å². The van der Waals surface area contributed by atoms with Crippen LogP contribution in [0.2, 0.25) is 0 Å². The van der Waals surface area contributed by atoms with Gasteiger partial charge in [-0.15, -0.1) is 0 Å². The molecule has 0 amide bonds. The van der Waals surface area contributed by atoms with Gasteiger partial charge < -0.3 is 0 Å². The summed E-state index contributed by atoms with van der Waals surface area (Å²) in [6.45, 7) is 0. The molecule has 0 saturated heterocycles. The molecule has 0 spiro atoms. The lowest BCUT2D eigenvalue weighted by Crippen LogP contribution is -2.11. The topological polar surface area (TPSA) is 3.01 Å². The first kappa shape index (κ1) is 26.6. The van der Waals surface area contributed by atoms with Crippen LogP contribution in [0.4, 0.5) is 5.69 Å². The molecule has 6 aromatic carbocycles. The van der Waals surface area contributed by atoms with Gasteiger partial charge in [-0.3, -0.25) is 0 Å². The molecule has 0 aliphatic carbocycles. The largest absolute Gasteiger partial charge is 0.221 e. The molecule has 1 aliphatic heterocycles. The molecule has 6 aromatic rings. The number of hydrogen-bond acceptors (Lipinski definition) is 0. The minimum absolute atomic E-state index is 0.925. The second-order valence-corrected chi connectivity index (χ2v) is 11.3. The first-order valence-electron chi connectivity index (χ1n) is 15.0. The fourth-order valence-electron chi connectivity index (χ4n) is 6.28. The van der Waals surface area contributed by atoms with Crippen LogP contribution in [0.5, 0.6) is 0 Å². The van der Waals surface area contributed by atoms with Crippen LogP contribution < -0.4 is 0 Å². The highest BCUT2D eigenvalue weighted by atomic mass is 15.0. The van der Waals surface area contributed by atoms with Gasteiger partial charge in [-0.25, -0.2) is 0 Å². The quantitative estimate of drug-likeness (QED) is 0.174. The van der Waals surface area contributed by atoms with E-state index in [-0.39, 0.29) is 0 Å². The van der Waals surface area contributed by atoms with Crippen LogP contribution in [0, 0.1) is 0 Å². The number of fused-ring (bicyclic) bond motifs is 1. The second kappa shape index (κ2) is 11.9. The van der Waals surface area contributed by atoms with Crippen molar-refractivity contribution in [3.63, 3.8) is 0 Å². The van der Waals surface area contributed by atoms with Crippen LogP contribution in [0.1, 0.15) is 44.5 Å². The molecule has 43 heavy (non-hydrogen) atoms. The average Bonchev–Trinajstić information content (AvgIpc) is 3.36. The second-order valence-electron chi connectivity index (χ2n) is 11.3. The Kier molecular flexibility index (Phi) is 7.38. The van der Waals surface area contributed by atoms with Crippen LogP contribution in [-0.2, 0) is 12.8 Å². The Balaban J connectivity index is 1.39. The molecule has 0 radical (unpaired) electrons. The standard InChI is InChI=1S/C42H34N/c1-43-39-20-12-11-19-38(39)41(42(43)37-17-9-4-10-18-37)40(35-25-21-33(22-26-35)29-31-13-5-2-6-14-31)36-27-23-34(24-28-36)30-32-15-7-3-8-16-32/h2-28H,29-30H2,1H3/q+1. The van der Waals surface area contributed by atoms with Crippen molar-refractivity contribution in [2.75, 3.05) is 7.05 Å². The fourth-order valence-corrected chi connectivity index (χ4v) is 6.28. The van der Waals surface area contributed by atoms with E-state index in [1.807, 2.05) is 0 Å². The van der Waals surface area contributed by atoms with Gasteiger partial charge in [0.15, 0.2) is 0 Å². The normalized spacial score (nSPS) is 12.3. The number of rotatable bonds is 7. The molecule has 0 fully saturated rings. The van der Waals surface area contributed by atoms with Gasteiger partial charge in [0.2, 0.25) is 11.4 Å². The molecule has 0 saturated carbocycles. The molecule has 0 N–H and O–H groups in total. The summed E-state index contributed by atoms with van der Waals surface area (Å²) in [6, 6.07) is 59.4. The van der Waals surface area contributed by atoms with Crippen molar-refractivity contribution in [2.24, 2.45) is 0 Å². The molecule has 1 heterocycles. The Morgan fingerprint density at radius 2 is 0.860 bits per heavy atom. The maximum absolute atomic E-state index is 2.35. The summed E-state index contributed by atoms with van der Waals surface area (Å²) in [4.78, 5) is 0. The van der Waals surface area contributed by atoms with Crippen LogP contribution >= 0.6 is 0 Å². The molecule has 7 rings (SSSR count). The molecular weight excluding hydrogens is 518 g/mol. The Labute approximate surface area is 254 Å². The van der Waals surface area contributed by atoms with Crippen molar-refractivity contribution in [3.8, 4) is 0 Å². The van der Waals surface area contributed by atoms with Gasteiger partial charge in [-0.2, -0.15) is 4.58 Å². The zero-order chi connectivity index (χ0) is 29.0. The fraction of sp³-hybridized carbons (Fsp3) is 0.0714. The average molecular weight is 553 g/mol. The summed E-state index contributed by atoms with van der Waals surface area (Å²) in [5, 5.41) is 0.